The van der Waals surface area contributed by atoms with Gasteiger partial charge in [-0.2, -0.15) is 0 Å². The molecule has 4 nitrogen and oxygen atoms in total. The molecule has 5 heteroatoms. The van der Waals surface area contributed by atoms with Crippen LogP contribution in [-0.2, 0) is 4.79 Å². The average Bonchev–Trinajstić information content (AvgIpc) is 2.42. The third-order valence-electron chi connectivity index (χ3n) is 2.83. The fraction of sp³-hybridized carbons (Fsp3) is 0.571. The smallest absolute Gasteiger partial charge is 0.221 e. The number of hydrogen-bond acceptors (Lipinski definition) is 3. The molecule has 2 N–H and O–H groups in total. The van der Waals surface area contributed by atoms with Crippen molar-refractivity contribution in [3.05, 3.63) is 29.8 Å². The third kappa shape index (κ3) is 5.79. The first-order valence-electron chi connectivity index (χ1n) is 6.78. The van der Waals surface area contributed by atoms with Crippen LogP contribution in [0.1, 0.15) is 44.8 Å². The average molecular weight is 267 g/mol. The predicted octanol–water partition coefficient (Wildman–Crippen LogP) is 2.18. The topological polar surface area (TPSA) is 54.0 Å². The lowest BCUT2D eigenvalue weighted by Crippen LogP contribution is -2.30. The van der Waals surface area contributed by atoms with Crippen LogP contribution in [0.2, 0.25) is 0 Å². The fourth-order valence-corrected chi connectivity index (χ4v) is 1.76. The van der Waals surface area contributed by atoms with Crippen LogP contribution < -0.4 is 10.6 Å². The van der Waals surface area contributed by atoms with Gasteiger partial charge in [-0.1, -0.05) is 13.8 Å². The van der Waals surface area contributed by atoms with Gasteiger partial charge < -0.3 is 10.6 Å². The standard InChI is InChI=1S/C14H22FN3O/c1-3-8-17-14(19)7-9-16-12(4-2)13-6-5-11(15)10-18-13/h5-6,10,12,16H,3-4,7-9H2,1-2H3,(H,17,19). The molecule has 1 heterocycles. The van der Waals surface area contributed by atoms with E-state index in [4.69, 9.17) is 0 Å². The molecule has 0 radical (unpaired) electrons. The number of hydrogen-bond donors (Lipinski definition) is 2. The Kier molecular flexibility index (Phi) is 7.03. The Labute approximate surface area is 113 Å². The van der Waals surface area contributed by atoms with Gasteiger partial charge in [0.15, 0.2) is 0 Å². The van der Waals surface area contributed by atoms with E-state index < -0.39 is 0 Å². The van der Waals surface area contributed by atoms with Crippen molar-refractivity contribution in [3.8, 4) is 0 Å². The lowest BCUT2D eigenvalue weighted by Gasteiger charge is -2.16. The first-order valence-corrected chi connectivity index (χ1v) is 6.78. The van der Waals surface area contributed by atoms with Gasteiger partial charge in [0.2, 0.25) is 5.91 Å². The number of halogens is 1. The predicted molar refractivity (Wildman–Crippen MR) is 73.1 cm³/mol. The number of amides is 1. The molecule has 0 aromatic carbocycles. The van der Waals surface area contributed by atoms with E-state index in [1.165, 1.54) is 12.3 Å². The first-order chi connectivity index (χ1) is 9.17. The van der Waals surface area contributed by atoms with E-state index in [0.717, 1.165) is 25.1 Å². The molecule has 0 spiro atoms. The number of pyridine rings is 1. The van der Waals surface area contributed by atoms with Crippen LogP contribution in [-0.4, -0.2) is 24.0 Å². The highest BCUT2D eigenvalue weighted by Crippen LogP contribution is 2.13. The summed E-state index contributed by atoms with van der Waals surface area (Å²) in [5.41, 5.74) is 0.804. The molecule has 0 bridgehead atoms. The van der Waals surface area contributed by atoms with Crippen molar-refractivity contribution in [2.45, 2.75) is 39.2 Å². The van der Waals surface area contributed by atoms with Crippen molar-refractivity contribution in [1.82, 2.24) is 15.6 Å². The zero-order valence-corrected chi connectivity index (χ0v) is 11.6. The van der Waals surface area contributed by atoms with Gasteiger partial charge in [-0.3, -0.25) is 9.78 Å². The molecule has 0 aliphatic heterocycles. The van der Waals surface area contributed by atoms with E-state index in [9.17, 15) is 9.18 Å². The zero-order valence-electron chi connectivity index (χ0n) is 11.6. The monoisotopic (exact) mass is 267 g/mol. The zero-order chi connectivity index (χ0) is 14.1. The molecule has 19 heavy (non-hydrogen) atoms. The Morgan fingerprint density at radius 1 is 1.37 bits per heavy atom. The molecule has 106 valence electrons. The summed E-state index contributed by atoms with van der Waals surface area (Å²) < 4.78 is 12.8. The molecule has 1 aromatic rings. The SMILES string of the molecule is CCCNC(=O)CCNC(CC)c1ccc(F)cn1. The molecule has 0 saturated heterocycles. The van der Waals surface area contributed by atoms with Gasteiger partial charge in [0.1, 0.15) is 5.82 Å². The Morgan fingerprint density at radius 2 is 2.16 bits per heavy atom. The van der Waals surface area contributed by atoms with E-state index in [1.54, 1.807) is 6.07 Å². The molecular formula is C14H22FN3O. The van der Waals surface area contributed by atoms with Crippen molar-refractivity contribution in [2.24, 2.45) is 0 Å². The normalized spacial score (nSPS) is 12.2. The molecule has 1 aromatic heterocycles. The summed E-state index contributed by atoms with van der Waals surface area (Å²) in [5.74, 6) is -0.284. The van der Waals surface area contributed by atoms with Crippen LogP contribution in [0.15, 0.2) is 18.3 Å². The summed E-state index contributed by atoms with van der Waals surface area (Å²) >= 11 is 0. The van der Waals surface area contributed by atoms with Crippen molar-refractivity contribution in [2.75, 3.05) is 13.1 Å². The van der Waals surface area contributed by atoms with Crippen molar-refractivity contribution in [1.29, 1.82) is 0 Å². The lowest BCUT2D eigenvalue weighted by molar-refractivity contribution is -0.121. The molecule has 1 rings (SSSR count). The largest absolute Gasteiger partial charge is 0.356 e. The van der Waals surface area contributed by atoms with E-state index in [0.29, 0.717) is 13.0 Å². The van der Waals surface area contributed by atoms with Gasteiger partial charge in [0.25, 0.3) is 0 Å². The second-order valence-corrected chi connectivity index (χ2v) is 4.42. The highest BCUT2D eigenvalue weighted by molar-refractivity contribution is 5.75. The maximum atomic E-state index is 12.8. The number of aromatic nitrogens is 1. The van der Waals surface area contributed by atoms with E-state index in [2.05, 4.69) is 15.6 Å². The van der Waals surface area contributed by atoms with Gasteiger partial charge in [-0.05, 0) is 25.0 Å². The van der Waals surface area contributed by atoms with Crippen molar-refractivity contribution >= 4 is 5.91 Å². The van der Waals surface area contributed by atoms with Crippen LogP contribution in [0.25, 0.3) is 0 Å². The minimum absolute atomic E-state index is 0.0521. The van der Waals surface area contributed by atoms with Crippen LogP contribution in [0, 0.1) is 5.82 Å². The second-order valence-electron chi connectivity index (χ2n) is 4.42. The van der Waals surface area contributed by atoms with E-state index >= 15 is 0 Å². The van der Waals surface area contributed by atoms with E-state index in [1.807, 2.05) is 13.8 Å². The fourth-order valence-electron chi connectivity index (χ4n) is 1.76. The summed E-state index contributed by atoms with van der Waals surface area (Å²) in [5, 5.41) is 6.09. The van der Waals surface area contributed by atoms with Gasteiger partial charge in [0.05, 0.1) is 11.9 Å². The maximum Gasteiger partial charge on any atom is 0.221 e. The minimum atomic E-state index is -0.336. The molecule has 0 fully saturated rings. The van der Waals surface area contributed by atoms with Crippen LogP contribution in [0.3, 0.4) is 0 Å². The Hall–Kier alpha value is -1.49. The van der Waals surface area contributed by atoms with Crippen LogP contribution in [0.4, 0.5) is 4.39 Å². The highest BCUT2D eigenvalue weighted by Gasteiger charge is 2.10. The number of rotatable bonds is 8. The van der Waals surface area contributed by atoms with Crippen molar-refractivity contribution in [3.63, 3.8) is 0 Å². The first kappa shape index (κ1) is 15.6. The van der Waals surface area contributed by atoms with E-state index in [-0.39, 0.29) is 17.8 Å². The Morgan fingerprint density at radius 3 is 2.74 bits per heavy atom. The summed E-state index contributed by atoms with van der Waals surface area (Å²) in [4.78, 5) is 15.5. The van der Waals surface area contributed by atoms with Gasteiger partial charge in [-0.15, -0.1) is 0 Å². The molecule has 1 atom stereocenters. The molecule has 1 unspecified atom stereocenters. The lowest BCUT2D eigenvalue weighted by atomic mass is 10.1. The number of carbonyl (C=O) groups excluding carboxylic acids is 1. The van der Waals surface area contributed by atoms with Crippen LogP contribution in [0.5, 0.6) is 0 Å². The number of nitrogens with zero attached hydrogens (tertiary/aromatic N) is 1. The van der Waals surface area contributed by atoms with Crippen LogP contribution >= 0.6 is 0 Å². The molecular weight excluding hydrogens is 245 g/mol. The highest BCUT2D eigenvalue weighted by atomic mass is 19.1. The summed E-state index contributed by atoms with van der Waals surface area (Å²) in [6.07, 6.45) is 3.44. The van der Waals surface area contributed by atoms with Gasteiger partial charge >= 0.3 is 0 Å². The summed E-state index contributed by atoms with van der Waals surface area (Å²) in [7, 11) is 0. The van der Waals surface area contributed by atoms with Crippen molar-refractivity contribution < 1.29 is 9.18 Å². The molecule has 0 aliphatic carbocycles. The van der Waals surface area contributed by atoms with Gasteiger partial charge in [0, 0.05) is 25.6 Å². The third-order valence-corrected chi connectivity index (χ3v) is 2.83. The second kappa shape index (κ2) is 8.58. The van der Waals surface area contributed by atoms with Gasteiger partial charge in [-0.25, -0.2) is 4.39 Å². The summed E-state index contributed by atoms with van der Waals surface area (Å²) in [6.45, 7) is 5.36. The maximum absolute atomic E-state index is 12.8. The molecule has 0 saturated carbocycles. The number of carbonyl (C=O) groups is 1. The molecule has 0 aliphatic rings. The summed E-state index contributed by atoms with van der Waals surface area (Å²) in [6, 6.07) is 3.13. The Balaban J connectivity index is 2.37. The Bertz CT molecular complexity index is 381. The number of nitrogens with one attached hydrogen (secondary N) is 2. The quantitative estimate of drug-likeness (QED) is 0.759. The minimum Gasteiger partial charge on any atom is -0.356 e. The molecule has 1 amide bonds.